The molecule has 0 amide bonds. The number of thiophene rings is 1. The van der Waals surface area contributed by atoms with Crippen LogP contribution >= 0.6 is 22.9 Å². The lowest BCUT2D eigenvalue weighted by molar-refractivity contribution is 0.103. The summed E-state index contributed by atoms with van der Waals surface area (Å²) in [7, 11) is 0. The summed E-state index contributed by atoms with van der Waals surface area (Å²) in [5.41, 5.74) is 0.316. The van der Waals surface area contributed by atoms with Crippen molar-refractivity contribution in [3.8, 4) is 11.9 Å². The molecule has 6 nitrogen and oxygen atoms in total. The number of nitriles is 1. The molecule has 0 unspecified atom stereocenters. The fourth-order valence-corrected chi connectivity index (χ4v) is 4.89. The Morgan fingerprint density at radius 3 is 2.77 bits per heavy atom. The van der Waals surface area contributed by atoms with Gasteiger partial charge in [0.25, 0.3) is 5.56 Å². The van der Waals surface area contributed by atoms with E-state index in [2.05, 4.69) is 0 Å². The van der Waals surface area contributed by atoms with Gasteiger partial charge in [0.05, 0.1) is 15.5 Å². The summed E-state index contributed by atoms with van der Waals surface area (Å²) in [6.45, 7) is 6.34. The van der Waals surface area contributed by atoms with E-state index in [0.717, 1.165) is 20.2 Å². The first kappa shape index (κ1) is 22.0. The number of aryl methyl sites for hydroxylation is 1. The van der Waals surface area contributed by atoms with E-state index in [4.69, 9.17) is 16.3 Å². The van der Waals surface area contributed by atoms with Gasteiger partial charge in [-0.05, 0) is 44.4 Å². The third-order valence-electron chi connectivity index (χ3n) is 4.89. The van der Waals surface area contributed by atoms with E-state index in [9.17, 15) is 20.0 Å². The molecule has 0 fully saturated rings. The maximum absolute atomic E-state index is 13.4. The van der Waals surface area contributed by atoms with Crippen molar-refractivity contribution in [2.75, 3.05) is 13.2 Å². The summed E-state index contributed by atoms with van der Waals surface area (Å²) in [6, 6.07) is 7.56. The number of halogens is 1. The molecule has 3 aromatic rings. The number of nitrogens with zero attached hydrogens (tertiary/aromatic N) is 2. The number of benzene rings is 1. The minimum Gasteiger partial charge on any atom is -0.494 e. The molecule has 0 bridgehead atoms. The Balaban J connectivity index is 2.15. The number of aromatic nitrogens is 1. The molecule has 0 saturated carbocycles. The maximum Gasteiger partial charge on any atom is 0.271 e. The van der Waals surface area contributed by atoms with Gasteiger partial charge in [-0.3, -0.25) is 14.2 Å². The fourth-order valence-electron chi connectivity index (χ4n) is 3.33. The van der Waals surface area contributed by atoms with Crippen LogP contribution in [-0.4, -0.2) is 28.7 Å². The Morgan fingerprint density at radius 2 is 2.10 bits per heavy atom. The van der Waals surface area contributed by atoms with Crippen LogP contribution in [0.1, 0.15) is 45.3 Å². The molecule has 0 radical (unpaired) electrons. The normalized spacial score (nSPS) is 11.0. The van der Waals surface area contributed by atoms with Gasteiger partial charge in [0, 0.05) is 29.8 Å². The molecule has 156 valence electrons. The second-order valence-corrected chi connectivity index (χ2v) is 8.32. The first-order valence-corrected chi connectivity index (χ1v) is 10.7. The molecular formula is C22H21ClN2O4S. The monoisotopic (exact) mass is 444 g/mol. The van der Waals surface area contributed by atoms with Gasteiger partial charge in [-0.25, -0.2) is 0 Å². The van der Waals surface area contributed by atoms with E-state index < -0.39 is 17.2 Å². The first-order valence-electron chi connectivity index (χ1n) is 9.49. The van der Waals surface area contributed by atoms with E-state index in [0.29, 0.717) is 24.7 Å². The molecular weight excluding hydrogens is 424 g/mol. The van der Waals surface area contributed by atoms with E-state index >= 15 is 0 Å². The quantitative estimate of drug-likeness (QED) is 0.425. The van der Waals surface area contributed by atoms with E-state index in [1.54, 1.807) is 0 Å². The molecule has 3 rings (SSSR count). The van der Waals surface area contributed by atoms with Crippen molar-refractivity contribution in [3.05, 3.63) is 60.7 Å². The number of pyridine rings is 1. The zero-order chi connectivity index (χ0) is 22.0. The zero-order valence-corrected chi connectivity index (χ0v) is 18.5. The van der Waals surface area contributed by atoms with Gasteiger partial charge < -0.3 is 9.84 Å². The number of hydrogen-bond acceptors (Lipinski definition) is 6. The highest BCUT2D eigenvalue weighted by Gasteiger charge is 2.28. The number of carbonyl (C=O) groups excluding carboxylic acids is 1. The van der Waals surface area contributed by atoms with Crippen LogP contribution in [0, 0.1) is 25.2 Å². The van der Waals surface area contributed by atoms with Crippen molar-refractivity contribution in [1.82, 2.24) is 4.57 Å². The smallest absolute Gasteiger partial charge is 0.271 e. The molecule has 0 aliphatic rings. The molecule has 30 heavy (non-hydrogen) atoms. The lowest BCUT2D eigenvalue weighted by Gasteiger charge is -2.15. The van der Waals surface area contributed by atoms with Gasteiger partial charge >= 0.3 is 0 Å². The molecule has 0 spiro atoms. The number of ketones is 1. The fraction of sp³-hybridized carbons (Fsp3) is 0.318. The molecule has 8 heteroatoms. The summed E-state index contributed by atoms with van der Waals surface area (Å²) < 4.78 is 7.19. The Hall–Kier alpha value is -2.66. The van der Waals surface area contributed by atoms with Crippen molar-refractivity contribution in [2.24, 2.45) is 0 Å². The summed E-state index contributed by atoms with van der Waals surface area (Å²) in [5, 5.41) is 21.4. The van der Waals surface area contributed by atoms with Crippen molar-refractivity contribution in [3.63, 3.8) is 0 Å². The topological polar surface area (TPSA) is 92.3 Å². The average Bonchev–Trinajstić information content (AvgIpc) is 3.03. The summed E-state index contributed by atoms with van der Waals surface area (Å²) in [4.78, 5) is 26.3. The number of aromatic hydroxyl groups is 1. The van der Waals surface area contributed by atoms with Crippen LogP contribution in [-0.2, 0) is 11.3 Å². The van der Waals surface area contributed by atoms with E-state index in [1.165, 1.54) is 18.3 Å². The van der Waals surface area contributed by atoms with Crippen molar-refractivity contribution in [2.45, 2.75) is 33.7 Å². The van der Waals surface area contributed by atoms with Crippen LogP contribution in [0.5, 0.6) is 5.88 Å². The predicted molar refractivity (Wildman–Crippen MR) is 118 cm³/mol. The Labute approximate surface area is 182 Å². The van der Waals surface area contributed by atoms with Gasteiger partial charge in [-0.15, -0.1) is 11.3 Å². The molecule has 1 N–H and O–H groups in total. The maximum atomic E-state index is 13.4. The average molecular weight is 445 g/mol. The SMILES string of the molecule is CCOCCCn1c(O)c(C(=O)c2sc3cc(C)ccc3c2Cl)c(C)c(C#N)c1=O. The van der Waals surface area contributed by atoms with Gasteiger partial charge in [0.15, 0.2) is 0 Å². The van der Waals surface area contributed by atoms with Gasteiger partial charge in [-0.2, -0.15) is 5.26 Å². The Kier molecular flexibility index (Phi) is 6.61. The minimum atomic E-state index is -0.626. The lowest BCUT2D eigenvalue weighted by Crippen LogP contribution is -2.27. The van der Waals surface area contributed by atoms with Gasteiger partial charge in [0.1, 0.15) is 11.6 Å². The zero-order valence-electron chi connectivity index (χ0n) is 16.9. The molecule has 0 aliphatic carbocycles. The first-order chi connectivity index (χ1) is 14.3. The number of fused-ring (bicyclic) bond motifs is 1. The van der Waals surface area contributed by atoms with Crippen molar-refractivity contribution < 1.29 is 14.6 Å². The molecule has 0 atom stereocenters. The minimum absolute atomic E-state index is 0.0762. The van der Waals surface area contributed by atoms with E-state index in [1.807, 2.05) is 38.1 Å². The third-order valence-corrected chi connectivity index (χ3v) is 6.55. The van der Waals surface area contributed by atoms with Gasteiger partial charge in [0.2, 0.25) is 11.7 Å². The largest absolute Gasteiger partial charge is 0.494 e. The number of rotatable bonds is 7. The third kappa shape index (κ3) is 3.86. The summed E-state index contributed by atoms with van der Waals surface area (Å²) in [5.74, 6) is -0.966. The second-order valence-electron chi connectivity index (χ2n) is 6.89. The molecule has 2 aromatic heterocycles. The van der Waals surface area contributed by atoms with Gasteiger partial charge in [-0.1, -0.05) is 23.7 Å². The van der Waals surface area contributed by atoms with Crippen LogP contribution in [0.15, 0.2) is 23.0 Å². The second kappa shape index (κ2) is 9.00. The van der Waals surface area contributed by atoms with Crippen LogP contribution in [0.2, 0.25) is 5.02 Å². The summed E-state index contributed by atoms with van der Waals surface area (Å²) >= 11 is 7.70. The molecule has 1 aromatic carbocycles. The lowest BCUT2D eigenvalue weighted by atomic mass is 10.0. The van der Waals surface area contributed by atoms with E-state index in [-0.39, 0.29) is 28.1 Å². The highest BCUT2D eigenvalue weighted by molar-refractivity contribution is 7.21. The number of hydrogen-bond donors (Lipinski definition) is 1. The summed E-state index contributed by atoms with van der Waals surface area (Å²) in [6.07, 6.45) is 0.450. The van der Waals surface area contributed by atoms with Crippen LogP contribution in [0.25, 0.3) is 10.1 Å². The standard InChI is InChI=1S/C22H21ClN2O4S/c1-4-29-9-5-8-25-21(27)15(11-24)13(3)17(22(25)28)19(26)20-18(23)14-7-6-12(2)10-16(14)30-20/h6-7,10,28H,4-5,8-9H2,1-3H3. The number of ether oxygens (including phenoxy) is 1. The molecule has 0 saturated heterocycles. The number of carbonyl (C=O) groups is 1. The van der Waals surface area contributed by atoms with Crippen LogP contribution in [0.4, 0.5) is 0 Å². The highest BCUT2D eigenvalue weighted by Crippen LogP contribution is 2.38. The van der Waals surface area contributed by atoms with Crippen molar-refractivity contribution >= 4 is 38.8 Å². The van der Waals surface area contributed by atoms with Crippen LogP contribution in [0.3, 0.4) is 0 Å². The predicted octanol–water partition coefficient (Wildman–Crippen LogP) is 4.57. The van der Waals surface area contributed by atoms with Crippen LogP contribution < -0.4 is 5.56 Å². The highest BCUT2D eigenvalue weighted by atomic mass is 35.5. The van der Waals surface area contributed by atoms with Crippen molar-refractivity contribution in [1.29, 1.82) is 5.26 Å². The Bertz CT molecular complexity index is 1240. The molecule has 0 aliphatic heterocycles. The Morgan fingerprint density at radius 1 is 1.37 bits per heavy atom. The molecule has 2 heterocycles.